The topological polar surface area (TPSA) is 55.3 Å². The summed E-state index contributed by atoms with van der Waals surface area (Å²) in [6.45, 7) is 7.17. The van der Waals surface area contributed by atoms with Crippen LogP contribution in [0.15, 0.2) is 17.6 Å². The number of carbonyl (C=O) groups is 1. The third-order valence-corrected chi connectivity index (χ3v) is 4.52. The van der Waals surface area contributed by atoms with Gasteiger partial charge in [-0.2, -0.15) is 0 Å². The molecule has 22 heavy (non-hydrogen) atoms. The number of halogens is 1. The number of amides is 1. The minimum atomic E-state index is -0.448. The van der Waals surface area contributed by atoms with Crippen molar-refractivity contribution in [3.8, 4) is 0 Å². The fraction of sp³-hybridized carbons (Fsp3) is 0.667. The highest BCUT2D eigenvalue weighted by Crippen LogP contribution is 2.25. The van der Waals surface area contributed by atoms with E-state index in [9.17, 15) is 4.79 Å². The Labute approximate surface area is 140 Å². The molecule has 1 atom stereocenters. The fourth-order valence-electron chi connectivity index (χ4n) is 2.26. The third kappa shape index (κ3) is 5.65. The smallest absolute Gasteiger partial charge is 0.410 e. The zero-order valence-corrected chi connectivity index (χ0v) is 14.8. The van der Waals surface area contributed by atoms with Gasteiger partial charge in [0.15, 0.2) is 5.16 Å². The fourth-order valence-corrected chi connectivity index (χ4v) is 3.27. The number of hydrogen-bond acceptors (Lipinski definition) is 5. The van der Waals surface area contributed by atoms with E-state index in [1.54, 1.807) is 24.2 Å². The summed E-state index contributed by atoms with van der Waals surface area (Å²) in [4.78, 5) is 22.3. The molecule has 1 fully saturated rings. The molecule has 0 bridgehead atoms. The largest absolute Gasteiger partial charge is 0.444 e. The normalized spacial score (nSPS) is 19.1. The molecule has 1 aliphatic heterocycles. The third-order valence-electron chi connectivity index (χ3n) is 3.22. The summed E-state index contributed by atoms with van der Waals surface area (Å²) in [5, 5.41) is 1.26. The van der Waals surface area contributed by atoms with Crippen molar-refractivity contribution in [2.75, 3.05) is 18.8 Å². The summed E-state index contributed by atoms with van der Waals surface area (Å²) in [6.07, 6.45) is 5.10. The number of rotatable bonds is 3. The van der Waals surface area contributed by atoms with E-state index in [2.05, 4.69) is 9.97 Å². The van der Waals surface area contributed by atoms with Gasteiger partial charge in [-0.1, -0.05) is 23.4 Å². The quantitative estimate of drug-likeness (QED) is 0.616. The van der Waals surface area contributed by atoms with Gasteiger partial charge in [0, 0.05) is 18.8 Å². The molecular weight excluding hydrogens is 322 g/mol. The molecule has 5 nitrogen and oxygen atoms in total. The first kappa shape index (κ1) is 17.3. The Morgan fingerprint density at radius 1 is 1.45 bits per heavy atom. The maximum absolute atomic E-state index is 12.1. The highest BCUT2D eigenvalue weighted by atomic mass is 35.5. The summed E-state index contributed by atoms with van der Waals surface area (Å²) >= 11 is 7.38. The first-order valence-electron chi connectivity index (χ1n) is 7.42. The summed E-state index contributed by atoms with van der Waals surface area (Å²) in [5.74, 6) is 1.33. The Bertz CT molecular complexity index is 505. The van der Waals surface area contributed by atoms with E-state index in [1.165, 1.54) is 0 Å². The first-order valence-corrected chi connectivity index (χ1v) is 8.78. The highest BCUT2D eigenvalue weighted by Gasteiger charge is 2.27. The van der Waals surface area contributed by atoms with Gasteiger partial charge in [0.05, 0.1) is 17.4 Å². The molecule has 1 saturated heterocycles. The van der Waals surface area contributed by atoms with Crippen molar-refractivity contribution in [2.24, 2.45) is 5.92 Å². The van der Waals surface area contributed by atoms with Crippen molar-refractivity contribution < 1.29 is 9.53 Å². The lowest BCUT2D eigenvalue weighted by molar-refractivity contribution is 0.0177. The van der Waals surface area contributed by atoms with Gasteiger partial charge >= 0.3 is 6.09 Å². The summed E-state index contributed by atoms with van der Waals surface area (Å²) < 4.78 is 5.44. The van der Waals surface area contributed by atoms with Gasteiger partial charge in [0.1, 0.15) is 5.60 Å². The van der Waals surface area contributed by atoms with Crippen LogP contribution in [0.3, 0.4) is 0 Å². The second-order valence-electron chi connectivity index (χ2n) is 6.43. The van der Waals surface area contributed by atoms with Gasteiger partial charge < -0.3 is 9.64 Å². The van der Waals surface area contributed by atoms with Gasteiger partial charge in [-0.25, -0.2) is 14.8 Å². The second-order valence-corrected chi connectivity index (χ2v) is 7.85. The van der Waals surface area contributed by atoms with E-state index in [1.807, 2.05) is 25.7 Å². The average molecular weight is 344 g/mol. The molecule has 0 spiro atoms. The van der Waals surface area contributed by atoms with Gasteiger partial charge in [-0.3, -0.25) is 0 Å². The Balaban J connectivity index is 1.82. The first-order chi connectivity index (χ1) is 10.3. The van der Waals surface area contributed by atoms with E-state index in [0.717, 1.165) is 36.8 Å². The molecule has 0 saturated carbocycles. The molecular formula is C15H22ClN3O2S. The van der Waals surface area contributed by atoms with E-state index < -0.39 is 5.60 Å². The number of hydrogen-bond donors (Lipinski definition) is 0. The summed E-state index contributed by atoms with van der Waals surface area (Å²) in [7, 11) is 0. The van der Waals surface area contributed by atoms with Crippen molar-refractivity contribution in [1.82, 2.24) is 14.9 Å². The number of piperidine rings is 1. The number of carbonyl (C=O) groups excluding carboxylic acids is 1. The maximum atomic E-state index is 12.1. The van der Waals surface area contributed by atoms with Crippen LogP contribution in [0.4, 0.5) is 4.79 Å². The summed E-state index contributed by atoms with van der Waals surface area (Å²) in [5.41, 5.74) is -0.448. The molecule has 1 aromatic heterocycles. The second kappa shape index (κ2) is 7.51. The van der Waals surface area contributed by atoms with Crippen LogP contribution in [0.1, 0.15) is 33.6 Å². The number of thioether (sulfide) groups is 1. The van der Waals surface area contributed by atoms with Crippen LogP contribution >= 0.6 is 23.4 Å². The van der Waals surface area contributed by atoms with Crippen molar-refractivity contribution >= 4 is 29.5 Å². The molecule has 1 aliphatic rings. The van der Waals surface area contributed by atoms with Crippen LogP contribution in [0, 0.1) is 5.92 Å². The van der Waals surface area contributed by atoms with Crippen LogP contribution in [-0.2, 0) is 4.74 Å². The maximum Gasteiger partial charge on any atom is 0.410 e. The van der Waals surface area contributed by atoms with Gasteiger partial charge in [0.25, 0.3) is 0 Å². The molecule has 2 rings (SSSR count). The van der Waals surface area contributed by atoms with Gasteiger partial charge in [0.2, 0.25) is 0 Å². The molecule has 0 aromatic carbocycles. The Morgan fingerprint density at radius 3 is 2.77 bits per heavy atom. The van der Waals surface area contributed by atoms with E-state index >= 15 is 0 Å². The Hall–Kier alpha value is -1.01. The highest BCUT2D eigenvalue weighted by molar-refractivity contribution is 7.99. The number of aromatic nitrogens is 2. The lowest BCUT2D eigenvalue weighted by Gasteiger charge is -2.33. The van der Waals surface area contributed by atoms with E-state index in [0.29, 0.717) is 10.9 Å². The number of ether oxygens (including phenoxy) is 1. The van der Waals surface area contributed by atoms with Crippen LogP contribution in [0.2, 0.25) is 5.02 Å². The standard InChI is InChI=1S/C15H22ClN3O2S/c1-15(2,3)21-14(20)19-6-4-5-11(9-19)10-22-13-17-7-12(16)8-18-13/h7-8,11H,4-6,9-10H2,1-3H3. The molecule has 7 heteroatoms. The van der Waals surface area contributed by atoms with Crippen molar-refractivity contribution in [2.45, 2.75) is 44.4 Å². The van der Waals surface area contributed by atoms with Crippen LogP contribution in [0.5, 0.6) is 0 Å². The molecule has 0 N–H and O–H groups in total. The Kier molecular flexibility index (Phi) is 5.92. The molecule has 122 valence electrons. The minimum absolute atomic E-state index is 0.218. The molecule has 0 aliphatic carbocycles. The van der Waals surface area contributed by atoms with Crippen molar-refractivity contribution in [3.63, 3.8) is 0 Å². The minimum Gasteiger partial charge on any atom is -0.444 e. The van der Waals surface area contributed by atoms with Crippen molar-refractivity contribution in [3.05, 3.63) is 17.4 Å². The lowest BCUT2D eigenvalue weighted by Crippen LogP contribution is -2.43. The van der Waals surface area contributed by atoms with E-state index in [4.69, 9.17) is 16.3 Å². The number of nitrogens with zero attached hydrogens (tertiary/aromatic N) is 3. The zero-order chi connectivity index (χ0) is 16.2. The average Bonchev–Trinajstić information content (AvgIpc) is 2.45. The molecule has 1 amide bonds. The molecule has 2 heterocycles. The van der Waals surface area contributed by atoms with E-state index in [-0.39, 0.29) is 6.09 Å². The molecule has 1 unspecified atom stereocenters. The predicted octanol–water partition coefficient (Wildman–Crippen LogP) is 3.87. The van der Waals surface area contributed by atoms with Crippen LogP contribution in [-0.4, -0.2) is 45.4 Å². The van der Waals surface area contributed by atoms with Gasteiger partial charge in [-0.15, -0.1) is 0 Å². The molecule has 0 radical (unpaired) electrons. The Morgan fingerprint density at radius 2 is 2.14 bits per heavy atom. The van der Waals surface area contributed by atoms with Crippen molar-refractivity contribution in [1.29, 1.82) is 0 Å². The monoisotopic (exact) mass is 343 g/mol. The number of likely N-dealkylation sites (tertiary alicyclic amines) is 1. The molecule has 1 aromatic rings. The predicted molar refractivity (Wildman–Crippen MR) is 88.3 cm³/mol. The lowest BCUT2D eigenvalue weighted by atomic mass is 10.0. The SMILES string of the molecule is CC(C)(C)OC(=O)N1CCCC(CSc2ncc(Cl)cn2)C1. The van der Waals surface area contributed by atoms with Crippen LogP contribution in [0.25, 0.3) is 0 Å². The van der Waals surface area contributed by atoms with Gasteiger partial charge in [-0.05, 0) is 39.5 Å². The zero-order valence-electron chi connectivity index (χ0n) is 13.2. The summed E-state index contributed by atoms with van der Waals surface area (Å²) in [6, 6.07) is 0. The van der Waals surface area contributed by atoms with Crippen LogP contribution < -0.4 is 0 Å².